The molecule has 0 saturated carbocycles. The van der Waals surface area contributed by atoms with Crippen molar-refractivity contribution in [1.82, 2.24) is 15.0 Å². The molecular weight excluding hydrogens is 182 g/mol. The summed E-state index contributed by atoms with van der Waals surface area (Å²) >= 11 is 0. The van der Waals surface area contributed by atoms with Gasteiger partial charge in [0.05, 0.1) is 11.4 Å². The van der Waals surface area contributed by atoms with E-state index in [0.717, 1.165) is 37.1 Å². The number of fused-ring (bicyclic) bond motifs is 1. The fourth-order valence-electron chi connectivity index (χ4n) is 1.85. The first kappa shape index (κ1) is 9.18. The maximum absolute atomic E-state index is 10.5. The highest BCUT2D eigenvalue weighted by atomic mass is 16.4. The van der Waals surface area contributed by atoms with Crippen LogP contribution in [0.4, 0.5) is 0 Å². The zero-order valence-corrected chi connectivity index (χ0v) is 7.94. The Hall–Kier alpha value is -1.39. The number of carbonyl (C=O) groups is 1. The molecule has 0 saturated heterocycles. The van der Waals surface area contributed by atoms with Gasteiger partial charge in [0, 0.05) is 0 Å². The Labute approximate surface area is 81.7 Å². The lowest BCUT2D eigenvalue weighted by molar-refractivity contribution is -0.137. The summed E-state index contributed by atoms with van der Waals surface area (Å²) in [6.45, 7) is -0.0671. The lowest BCUT2D eigenvalue weighted by Crippen LogP contribution is -2.13. The molecule has 1 N–H and O–H groups in total. The number of nitrogens with zero attached hydrogens (tertiary/aromatic N) is 3. The van der Waals surface area contributed by atoms with Gasteiger partial charge >= 0.3 is 5.97 Å². The molecule has 0 radical (unpaired) electrons. The maximum atomic E-state index is 10.5. The molecule has 0 aromatic carbocycles. The van der Waals surface area contributed by atoms with Crippen LogP contribution in [-0.4, -0.2) is 26.1 Å². The van der Waals surface area contributed by atoms with Gasteiger partial charge in [-0.15, -0.1) is 5.10 Å². The van der Waals surface area contributed by atoms with Crippen LogP contribution in [0.25, 0.3) is 0 Å². The summed E-state index contributed by atoms with van der Waals surface area (Å²) < 4.78 is 1.52. The molecule has 0 amide bonds. The molecule has 5 heteroatoms. The van der Waals surface area contributed by atoms with E-state index >= 15 is 0 Å². The van der Waals surface area contributed by atoms with Crippen LogP contribution in [0.3, 0.4) is 0 Å². The summed E-state index contributed by atoms with van der Waals surface area (Å²) in [4.78, 5) is 10.5. The summed E-state index contributed by atoms with van der Waals surface area (Å²) in [7, 11) is 0. The highest BCUT2D eigenvalue weighted by Gasteiger charge is 2.16. The normalized spacial score (nSPS) is 16.0. The van der Waals surface area contributed by atoms with Crippen LogP contribution in [0.1, 0.15) is 30.7 Å². The smallest absolute Gasteiger partial charge is 0.325 e. The fourth-order valence-corrected chi connectivity index (χ4v) is 1.85. The lowest BCUT2D eigenvalue weighted by Gasteiger charge is -2.01. The van der Waals surface area contributed by atoms with Crippen LogP contribution in [0.5, 0.6) is 0 Å². The summed E-state index contributed by atoms with van der Waals surface area (Å²) in [6.07, 6.45) is 5.30. The quantitative estimate of drug-likeness (QED) is 0.703. The molecule has 76 valence electrons. The molecule has 1 heterocycles. The molecule has 0 unspecified atom stereocenters. The van der Waals surface area contributed by atoms with Crippen molar-refractivity contribution in [3.63, 3.8) is 0 Å². The van der Waals surface area contributed by atoms with Crippen LogP contribution in [0.15, 0.2) is 0 Å². The Morgan fingerprint density at radius 3 is 2.93 bits per heavy atom. The van der Waals surface area contributed by atoms with E-state index in [2.05, 4.69) is 10.3 Å². The molecule has 1 aliphatic rings. The van der Waals surface area contributed by atoms with E-state index in [1.165, 1.54) is 11.1 Å². The lowest BCUT2D eigenvalue weighted by atomic mass is 10.2. The van der Waals surface area contributed by atoms with Crippen LogP contribution < -0.4 is 0 Å². The molecule has 1 aliphatic carbocycles. The number of aromatic nitrogens is 3. The third-order valence-corrected chi connectivity index (χ3v) is 2.53. The second-order valence-corrected chi connectivity index (χ2v) is 3.59. The number of rotatable bonds is 2. The minimum atomic E-state index is -0.859. The van der Waals surface area contributed by atoms with Crippen LogP contribution >= 0.6 is 0 Å². The number of carboxylic acid groups (broad SMARTS) is 1. The molecule has 0 spiro atoms. The van der Waals surface area contributed by atoms with E-state index < -0.39 is 5.97 Å². The number of carboxylic acids is 1. The monoisotopic (exact) mass is 195 g/mol. The van der Waals surface area contributed by atoms with E-state index in [9.17, 15) is 4.79 Å². The fraction of sp³-hybridized carbons (Fsp3) is 0.667. The van der Waals surface area contributed by atoms with Crippen LogP contribution in [0.2, 0.25) is 0 Å². The first-order chi connectivity index (χ1) is 6.77. The topological polar surface area (TPSA) is 68.0 Å². The zero-order chi connectivity index (χ0) is 9.97. The molecule has 0 atom stereocenters. The van der Waals surface area contributed by atoms with E-state index in [0.29, 0.717) is 0 Å². The van der Waals surface area contributed by atoms with Gasteiger partial charge in [0.25, 0.3) is 0 Å². The highest BCUT2D eigenvalue weighted by molar-refractivity contribution is 5.66. The molecule has 1 aromatic heterocycles. The van der Waals surface area contributed by atoms with Crippen molar-refractivity contribution < 1.29 is 9.90 Å². The second-order valence-electron chi connectivity index (χ2n) is 3.59. The van der Waals surface area contributed by atoms with Gasteiger partial charge in [0.15, 0.2) is 0 Å². The Bertz CT molecular complexity index is 346. The molecule has 0 bridgehead atoms. The van der Waals surface area contributed by atoms with Crippen molar-refractivity contribution >= 4 is 5.97 Å². The molecule has 0 fully saturated rings. The van der Waals surface area contributed by atoms with E-state index in [1.807, 2.05) is 0 Å². The van der Waals surface area contributed by atoms with Gasteiger partial charge in [-0.2, -0.15) is 0 Å². The minimum absolute atomic E-state index is 0.0671. The van der Waals surface area contributed by atoms with E-state index in [4.69, 9.17) is 5.11 Å². The molecule has 14 heavy (non-hydrogen) atoms. The third-order valence-electron chi connectivity index (χ3n) is 2.53. The first-order valence-corrected chi connectivity index (χ1v) is 4.90. The van der Waals surface area contributed by atoms with Crippen molar-refractivity contribution in [2.45, 2.75) is 38.6 Å². The summed E-state index contributed by atoms with van der Waals surface area (Å²) in [5.41, 5.74) is 2.01. The van der Waals surface area contributed by atoms with Gasteiger partial charge < -0.3 is 5.11 Å². The van der Waals surface area contributed by atoms with Gasteiger partial charge in [-0.3, -0.25) is 4.79 Å². The molecule has 0 aliphatic heterocycles. The molecule has 5 nitrogen and oxygen atoms in total. The van der Waals surface area contributed by atoms with Gasteiger partial charge in [-0.05, 0) is 25.7 Å². The van der Waals surface area contributed by atoms with Crippen LogP contribution in [0, 0.1) is 0 Å². The van der Waals surface area contributed by atoms with Crippen LogP contribution in [-0.2, 0) is 24.2 Å². The zero-order valence-electron chi connectivity index (χ0n) is 7.94. The van der Waals surface area contributed by atoms with Gasteiger partial charge in [-0.25, -0.2) is 4.68 Å². The largest absolute Gasteiger partial charge is 0.480 e. The Morgan fingerprint density at radius 1 is 1.36 bits per heavy atom. The van der Waals surface area contributed by atoms with Crippen molar-refractivity contribution in [3.8, 4) is 0 Å². The van der Waals surface area contributed by atoms with Gasteiger partial charge in [0.2, 0.25) is 0 Å². The molecular formula is C9H13N3O2. The summed E-state index contributed by atoms with van der Waals surface area (Å²) in [6, 6.07) is 0. The average molecular weight is 195 g/mol. The minimum Gasteiger partial charge on any atom is -0.480 e. The molecule has 2 rings (SSSR count). The van der Waals surface area contributed by atoms with Gasteiger partial charge in [0.1, 0.15) is 6.54 Å². The Morgan fingerprint density at radius 2 is 2.14 bits per heavy atom. The second kappa shape index (κ2) is 3.77. The van der Waals surface area contributed by atoms with Crippen molar-refractivity contribution in [3.05, 3.63) is 11.4 Å². The highest BCUT2D eigenvalue weighted by Crippen LogP contribution is 2.17. The van der Waals surface area contributed by atoms with Crippen molar-refractivity contribution in [2.75, 3.05) is 0 Å². The third kappa shape index (κ3) is 1.76. The van der Waals surface area contributed by atoms with Crippen molar-refractivity contribution in [1.29, 1.82) is 0 Å². The predicted octanol–water partition coefficient (Wildman–Crippen LogP) is 0.632. The van der Waals surface area contributed by atoms with Crippen molar-refractivity contribution in [2.24, 2.45) is 0 Å². The standard InChI is InChI=1S/C9H13N3O2/c13-9(14)6-12-8-5-3-1-2-4-7(8)10-11-12/h1-6H2,(H,13,14). The average Bonchev–Trinajstić information content (AvgIpc) is 2.37. The van der Waals surface area contributed by atoms with E-state index in [1.54, 1.807) is 0 Å². The summed E-state index contributed by atoms with van der Waals surface area (Å²) in [5, 5.41) is 16.6. The Kier molecular flexibility index (Phi) is 2.47. The molecule has 1 aromatic rings. The number of aryl methyl sites for hydroxylation is 1. The first-order valence-electron chi connectivity index (χ1n) is 4.90. The SMILES string of the molecule is O=C(O)Cn1nnc2c1CCCCC2. The summed E-state index contributed by atoms with van der Waals surface area (Å²) in [5.74, 6) is -0.859. The number of hydrogen-bond donors (Lipinski definition) is 1. The number of hydrogen-bond acceptors (Lipinski definition) is 3. The predicted molar refractivity (Wildman–Crippen MR) is 48.9 cm³/mol. The Balaban J connectivity index is 2.24. The maximum Gasteiger partial charge on any atom is 0.325 e. The van der Waals surface area contributed by atoms with E-state index in [-0.39, 0.29) is 6.54 Å². The van der Waals surface area contributed by atoms with Gasteiger partial charge in [-0.1, -0.05) is 11.6 Å². The number of aliphatic carboxylic acids is 1.